The number of aromatic nitrogens is 2. The Morgan fingerprint density at radius 1 is 1.11 bits per heavy atom. The molecule has 4 heterocycles. The fourth-order valence-corrected chi connectivity index (χ4v) is 10.0. The van der Waals surface area contributed by atoms with E-state index < -0.39 is 62.6 Å². The Morgan fingerprint density at radius 3 is 2.64 bits per heavy atom. The predicted molar refractivity (Wildman–Crippen MR) is 203 cm³/mol. The zero-order chi connectivity index (χ0) is 39.2. The number of urea groups is 1. The van der Waals surface area contributed by atoms with Crippen molar-refractivity contribution in [2.75, 3.05) is 26.3 Å². The number of benzene rings is 1. The lowest BCUT2D eigenvalue weighted by atomic mass is 9.96. The molecule has 3 saturated carbocycles. The molecule has 6 atom stereocenters. The summed E-state index contributed by atoms with van der Waals surface area (Å²) in [7, 11) is -3.90. The van der Waals surface area contributed by atoms with Gasteiger partial charge >= 0.3 is 12.0 Å². The Bertz CT molecular complexity index is 2050. The molecular formula is C39H49N7O9S. The van der Waals surface area contributed by atoms with Gasteiger partial charge in [-0.3, -0.25) is 19.1 Å². The van der Waals surface area contributed by atoms with E-state index >= 15 is 0 Å². The Balaban J connectivity index is 1.16. The molecule has 3 aliphatic heterocycles. The maximum absolute atomic E-state index is 14.9. The van der Waals surface area contributed by atoms with Crippen molar-refractivity contribution in [3.63, 3.8) is 0 Å². The molecule has 8 rings (SSSR count). The lowest BCUT2D eigenvalue weighted by molar-refractivity contribution is -0.142. The fourth-order valence-electron chi connectivity index (χ4n) is 8.67. The third-order valence-electron chi connectivity index (χ3n) is 12.0. The number of ether oxygens (including phenoxy) is 3. The van der Waals surface area contributed by atoms with Gasteiger partial charge in [0, 0.05) is 18.9 Å². The second-order valence-electron chi connectivity index (χ2n) is 15.8. The third-order valence-corrected chi connectivity index (χ3v) is 13.8. The van der Waals surface area contributed by atoms with Crippen LogP contribution in [0.2, 0.25) is 0 Å². The summed E-state index contributed by atoms with van der Waals surface area (Å²) in [6, 6.07) is 3.05. The Labute approximate surface area is 325 Å². The number of sulfonamides is 1. The number of carbonyl (C=O) groups excluding carboxylic acids is 4. The van der Waals surface area contributed by atoms with Crippen molar-refractivity contribution in [3.8, 4) is 11.9 Å². The topological polar surface area (TPSA) is 198 Å². The van der Waals surface area contributed by atoms with E-state index in [9.17, 15) is 27.6 Å². The summed E-state index contributed by atoms with van der Waals surface area (Å²) < 4.78 is 46.0. The van der Waals surface area contributed by atoms with Crippen molar-refractivity contribution in [2.45, 2.75) is 106 Å². The Morgan fingerprint density at radius 2 is 1.91 bits per heavy atom. The van der Waals surface area contributed by atoms with Crippen molar-refractivity contribution in [1.82, 2.24) is 35.1 Å². The van der Waals surface area contributed by atoms with Gasteiger partial charge < -0.3 is 34.6 Å². The highest BCUT2D eigenvalue weighted by molar-refractivity contribution is 7.91. The third kappa shape index (κ3) is 7.49. The average molecular weight is 792 g/mol. The minimum Gasteiger partial charge on any atom is -0.499 e. The average Bonchev–Trinajstić information content (AvgIpc) is 3.95. The quantitative estimate of drug-likeness (QED) is 0.316. The van der Waals surface area contributed by atoms with Crippen LogP contribution in [0.3, 0.4) is 0 Å². The molecule has 1 aromatic heterocycles. The molecule has 3 N–H and O–H groups in total. The maximum atomic E-state index is 14.9. The molecule has 2 saturated heterocycles. The van der Waals surface area contributed by atoms with Gasteiger partial charge in [-0.2, -0.15) is 9.97 Å². The SMILES string of the molecule is C=C[C@@H]1C[C@]1(NC(=O)[C@@H]1C[C@@H]2CN1C(=O)[C@H](C1CCCC1)NC(=O)N1CCC[C@H]1CO/C=C/c1ccc3nc(OCC)nc(c3c1)O2)C(=O)NS(=O)(=O)C1CC1. The van der Waals surface area contributed by atoms with E-state index in [-0.39, 0.29) is 55.9 Å². The van der Waals surface area contributed by atoms with Crippen LogP contribution < -0.4 is 24.8 Å². The zero-order valence-corrected chi connectivity index (χ0v) is 32.3. The first-order valence-electron chi connectivity index (χ1n) is 19.8. The minimum atomic E-state index is -3.90. The summed E-state index contributed by atoms with van der Waals surface area (Å²) in [5, 5.41) is 5.87. The molecular weight excluding hydrogens is 743 g/mol. The van der Waals surface area contributed by atoms with Crippen LogP contribution in [0.1, 0.15) is 76.7 Å². The molecule has 1 aromatic carbocycles. The molecule has 3 aliphatic carbocycles. The molecule has 5 amide bonds. The van der Waals surface area contributed by atoms with E-state index in [1.165, 1.54) is 11.0 Å². The van der Waals surface area contributed by atoms with Gasteiger partial charge in [0.1, 0.15) is 30.3 Å². The van der Waals surface area contributed by atoms with Crippen LogP contribution in [-0.2, 0) is 29.1 Å². The number of nitrogens with zero attached hydrogens (tertiary/aromatic N) is 4. The number of hydrogen-bond acceptors (Lipinski definition) is 11. The van der Waals surface area contributed by atoms with E-state index in [0.29, 0.717) is 36.9 Å². The molecule has 4 bridgehead atoms. The standard InChI is InChI=1S/C39H49N7O9S/c1-3-25-20-39(25,36(49)44-56(51,52)28-12-13-28)43-33(47)31-19-27-21-46(31)35(48)32(24-8-5-6-9-24)41-38(50)45-16-7-10-26(45)22-53-17-15-23-11-14-30-29(18-23)34(55-27)42-37(40-30)54-4-2/h3,11,14-15,17-18,24-28,31-32H,1,4-10,12-13,16,19-22H2,2H3,(H,41,50)(H,43,47)(H,44,49)/b17-15+/t25-,26+,27-,31+,32+,39-/m1/s1. The normalized spacial score (nSPS) is 30.1. The number of amides is 5. The Hall–Kier alpha value is -4.93. The van der Waals surface area contributed by atoms with E-state index in [1.807, 2.05) is 31.2 Å². The van der Waals surface area contributed by atoms with Gasteiger partial charge in [-0.1, -0.05) is 25.0 Å². The maximum Gasteiger partial charge on any atom is 0.320 e. The molecule has 56 heavy (non-hydrogen) atoms. The first-order chi connectivity index (χ1) is 27.0. The first kappa shape index (κ1) is 38.0. The predicted octanol–water partition coefficient (Wildman–Crippen LogP) is 2.78. The van der Waals surface area contributed by atoms with Crippen LogP contribution in [0.4, 0.5) is 4.79 Å². The zero-order valence-electron chi connectivity index (χ0n) is 31.5. The van der Waals surface area contributed by atoms with E-state index in [2.05, 4.69) is 31.9 Å². The van der Waals surface area contributed by atoms with E-state index in [4.69, 9.17) is 14.2 Å². The van der Waals surface area contributed by atoms with Gasteiger partial charge in [-0.25, -0.2) is 13.2 Å². The number of nitrogens with one attached hydrogen (secondary N) is 3. The molecule has 17 heteroatoms. The molecule has 300 valence electrons. The molecule has 5 fully saturated rings. The molecule has 6 aliphatic rings. The number of hydrogen-bond donors (Lipinski definition) is 3. The van der Waals surface area contributed by atoms with Gasteiger partial charge in [0.2, 0.25) is 27.7 Å². The van der Waals surface area contributed by atoms with Crippen molar-refractivity contribution in [3.05, 3.63) is 42.7 Å². The molecule has 16 nitrogen and oxygen atoms in total. The van der Waals surface area contributed by atoms with Crippen molar-refractivity contribution >= 4 is 50.8 Å². The fraction of sp³-hybridized carbons (Fsp3) is 0.590. The summed E-state index contributed by atoms with van der Waals surface area (Å²) in [6.07, 6.45) is 10.1. The second-order valence-corrected chi connectivity index (χ2v) is 17.7. The van der Waals surface area contributed by atoms with Crippen molar-refractivity contribution in [1.29, 1.82) is 0 Å². The van der Waals surface area contributed by atoms with Crippen LogP contribution >= 0.6 is 0 Å². The van der Waals surface area contributed by atoms with Crippen molar-refractivity contribution in [2.24, 2.45) is 11.8 Å². The lowest BCUT2D eigenvalue weighted by Gasteiger charge is -2.34. The number of fused-ring (bicyclic) bond motifs is 4. The minimum absolute atomic E-state index is 0.0224. The smallest absolute Gasteiger partial charge is 0.320 e. The summed E-state index contributed by atoms with van der Waals surface area (Å²) in [4.78, 5) is 69.3. The summed E-state index contributed by atoms with van der Waals surface area (Å²) in [5.41, 5.74) is -0.202. The van der Waals surface area contributed by atoms with Gasteiger partial charge in [0.15, 0.2) is 0 Å². The molecule has 0 radical (unpaired) electrons. The van der Waals surface area contributed by atoms with Crippen molar-refractivity contribution < 1.29 is 41.8 Å². The summed E-state index contributed by atoms with van der Waals surface area (Å²) in [6.45, 7) is 6.70. The summed E-state index contributed by atoms with van der Waals surface area (Å²) in [5.74, 6) is -2.37. The largest absolute Gasteiger partial charge is 0.499 e. The van der Waals surface area contributed by atoms with E-state index in [0.717, 1.165) is 44.1 Å². The highest BCUT2D eigenvalue weighted by Gasteiger charge is 2.62. The highest BCUT2D eigenvalue weighted by Crippen LogP contribution is 2.46. The molecule has 2 aromatic rings. The highest BCUT2D eigenvalue weighted by atomic mass is 32.2. The van der Waals surface area contributed by atoms with Crippen LogP contribution in [0.25, 0.3) is 17.0 Å². The van der Waals surface area contributed by atoms with Crippen LogP contribution in [0, 0.1) is 11.8 Å². The second kappa shape index (κ2) is 15.2. The van der Waals surface area contributed by atoms with Crippen LogP contribution in [0.5, 0.6) is 11.9 Å². The Kier molecular flexibility index (Phi) is 10.3. The number of rotatable bonds is 9. The number of carbonyl (C=O) groups is 4. The van der Waals surface area contributed by atoms with Gasteiger partial charge in [-0.15, -0.1) is 6.58 Å². The lowest BCUT2D eigenvalue weighted by Crippen LogP contribution is -2.60. The monoisotopic (exact) mass is 791 g/mol. The van der Waals surface area contributed by atoms with Crippen LogP contribution in [-0.4, -0.2) is 113 Å². The molecule has 0 unspecified atom stereocenters. The summed E-state index contributed by atoms with van der Waals surface area (Å²) >= 11 is 0. The molecule has 0 spiro atoms. The van der Waals surface area contributed by atoms with E-state index in [1.54, 1.807) is 11.2 Å². The van der Waals surface area contributed by atoms with Gasteiger partial charge in [-0.05, 0) is 81.6 Å². The van der Waals surface area contributed by atoms with Crippen LogP contribution in [0.15, 0.2) is 37.1 Å². The first-order valence-corrected chi connectivity index (χ1v) is 21.3. The van der Waals surface area contributed by atoms with Gasteiger partial charge in [0.05, 0.1) is 41.6 Å². The van der Waals surface area contributed by atoms with Gasteiger partial charge in [0.25, 0.3) is 5.91 Å².